The first kappa shape index (κ1) is 16.6. The van der Waals surface area contributed by atoms with Crippen molar-refractivity contribution in [1.82, 2.24) is 4.90 Å². The molecule has 5 heteroatoms. The van der Waals surface area contributed by atoms with E-state index in [9.17, 15) is 10.2 Å². The monoisotopic (exact) mass is 356 g/mol. The molecule has 1 saturated carbocycles. The van der Waals surface area contributed by atoms with Gasteiger partial charge in [-0.3, -0.25) is 4.90 Å². The van der Waals surface area contributed by atoms with Gasteiger partial charge in [-0.25, -0.2) is 0 Å². The first-order valence-electron chi connectivity index (χ1n) is 9.71. The zero-order valence-corrected chi connectivity index (χ0v) is 15.5. The van der Waals surface area contributed by atoms with Crippen LogP contribution in [0.25, 0.3) is 0 Å². The highest BCUT2D eigenvalue weighted by atomic mass is 16.5. The number of methoxy groups -OCH3 is 1. The lowest BCUT2D eigenvalue weighted by Crippen LogP contribution is -2.76. The van der Waals surface area contributed by atoms with Crippen LogP contribution in [0, 0.1) is 11.3 Å². The van der Waals surface area contributed by atoms with E-state index in [1.807, 2.05) is 6.07 Å². The summed E-state index contributed by atoms with van der Waals surface area (Å²) in [7, 11) is 1.70. The molecule has 140 valence electrons. The van der Waals surface area contributed by atoms with Crippen LogP contribution in [0.5, 0.6) is 5.75 Å². The van der Waals surface area contributed by atoms with Crippen LogP contribution in [-0.2, 0) is 5.41 Å². The van der Waals surface area contributed by atoms with E-state index < -0.39 is 5.41 Å². The van der Waals surface area contributed by atoms with Gasteiger partial charge >= 0.3 is 0 Å². The number of piperidine rings is 2. The summed E-state index contributed by atoms with van der Waals surface area (Å²) in [6.45, 7) is 4.07. The maximum absolute atomic E-state index is 10.7. The van der Waals surface area contributed by atoms with Gasteiger partial charge in [0.05, 0.1) is 26.4 Å². The van der Waals surface area contributed by atoms with Crippen molar-refractivity contribution in [3.63, 3.8) is 0 Å². The van der Waals surface area contributed by atoms with Crippen molar-refractivity contribution in [3.8, 4) is 5.75 Å². The van der Waals surface area contributed by atoms with Crippen LogP contribution in [-0.4, -0.2) is 60.6 Å². The van der Waals surface area contributed by atoms with Crippen LogP contribution in [0.2, 0.25) is 0 Å². The highest BCUT2D eigenvalue weighted by molar-refractivity contribution is 5.67. The van der Waals surface area contributed by atoms with Crippen molar-refractivity contribution < 1.29 is 14.9 Å². The number of aliphatic hydroxyl groups excluding tert-OH is 2. The number of hydrogen-bond acceptors (Lipinski definition) is 5. The number of nitrogens with one attached hydrogen (secondary N) is 1. The number of nitrogens with zero attached hydrogens (tertiary/aromatic N) is 1. The lowest BCUT2D eigenvalue weighted by molar-refractivity contribution is -0.144. The topological polar surface area (TPSA) is 65.0 Å². The number of anilines is 1. The SMILES string of the molecule is C/C=C1\CN2CC[C@@]34c5cc(OC)ccc5N[C@@H]3[C@@H]2C[C@@H]1C4(CO)CO. The molecule has 0 unspecified atom stereocenters. The zero-order chi connectivity index (χ0) is 18.1. The Balaban J connectivity index is 1.79. The molecule has 0 aromatic heterocycles. The minimum Gasteiger partial charge on any atom is -0.497 e. The number of ether oxygens (including phenoxy) is 1. The summed E-state index contributed by atoms with van der Waals surface area (Å²) in [5.41, 5.74) is 2.92. The minimum atomic E-state index is -0.548. The largest absolute Gasteiger partial charge is 0.497 e. The van der Waals surface area contributed by atoms with Crippen LogP contribution in [0.1, 0.15) is 25.3 Å². The van der Waals surface area contributed by atoms with E-state index in [0.717, 1.165) is 37.4 Å². The molecule has 0 amide bonds. The molecule has 5 nitrogen and oxygen atoms in total. The molecular weight excluding hydrogens is 328 g/mol. The second kappa shape index (κ2) is 5.47. The summed E-state index contributed by atoms with van der Waals surface area (Å²) in [4.78, 5) is 2.60. The summed E-state index contributed by atoms with van der Waals surface area (Å²) < 4.78 is 5.52. The normalized spacial score (nSPS) is 38.0. The van der Waals surface area contributed by atoms with Gasteiger partial charge in [0, 0.05) is 29.1 Å². The van der Waals surface area contributed by atoms with E-state index in [2.05, 4.69) is 35.3 Å². The van der Waals surface area contributed by atoms with Gasteiger partial charge in [0.1, 0.15) is 5.75 Å². The molecule has 0 radical (unpaired) electrons. The minimum absolute atomic E-state index is 0.00700. The molecule has 3 fully saturated rings. The fourth-order valence-corrected chi connectivity index (χ4v) is 6.80. The average molecular weight is 356 g/mol. The number of allylic oxidation sites excluding steroid dienone is 1. The summed E-state index contributed by atoms with van der Waals surface area (Å²) in [6.07, 6.45) is 4.17. The van der Waals surface area contributed by atoms with Gasteiger partial charge in [0.25, 0.3) is 0 Å². The molecule has 1 aromatic carbocycles. The predicted molar refractivity (Wildman–Crippen MR) is 101 cm³/mol. The fraction of sp³-hybridized carbons (Fsp3) is 0.619. The number of hydrogen-bond donors (Lipinski definition) is 3. The number of aliphatic hydroxyl groups is 2. The molecule has 4 atom stereocenters. The van der Waals surface area contributed by atoms with Gasteiger partial charge in [-0.1, -0.05) is 11.6 Å². The molecule has 3 N–H and O–H groups in total. The van der Waals surface area contributed by atoms with Crippen molar-refractivity contribution in [1.29, 1.82) is 0 Å². The first-order valence-corrected chi connectivity index (χ1v) is 9.71. The third-order valence-corrected chi connectivity index (χ3v) is 8.00. The highest BCUT2D eigenvalue weighted by Gasteiger charge is 2.71. The zero-order valence-electron chi connectivity index (χ0n) is 15.5. The Bertz CT molecular complexity index is 773. The van der Waals surface area contributed by atoms with Gasteiger partial charge in [-0.05, 0) is 56.0 Å². The van der Waals surface area contributed by atoms with Gasteiger partial charge in [0.2, 0.25) is 0 Å². The van der Waals surface area contributed by atoms with Crippen LogP contribution in [0.4, 0.5) is 5.69 Å². The molecule has 26 heavy (non-hydrogen) atoms. The lowest BCUT2D eigenvalue weighted by Gasteiger charge is -2.67. The van der Waals surface area contributed by atoms with E-state index in [1.54, 1.807) is 7.11 Å². The maximum atomic E-state index is 10.7. The number of benzene rings is 1. The van der Waals surface area contributed by atoms with Crippen molar-refractivity contribution >= 4 is 5.69 Å². The quantitative estimate of drug-likeness (QED) is 0.720. The summed E-state index contributed by atoms with van der Waals surface area (Å²) in [6, 6.07) is 6.91. The van der Waals surface area contributed by atoms with E-state index in [-0.39, 0.29) is 30.6 Å². The van der Waals surface area contributed by atoms with Crippen LogP contribution < -0.4 is 10.1 Å². The molecule has 1 aliphatic carbocycles. The van der Waals surface area contributed by atoms with Gasteiger partial charge in [-0.2, -0.15) is 0 Å². The molecule has 3 heterocycles. The van der Waals surface area contributed by atoms with Gasteiger partial charge in [-0.15, -0.1) is 0 Å². The third kappa shape index (κ3) is 1.68. The molecule has 4 aliphatic rings. The molecular formula is C21H28N2O3. The van der Waals surface area contributed by atoms with Gasteiger partial charge in [0.15, 0.2) is 0 Å². The van der Waals surface area contributed by atoms with Crippen molar-refractivity contribution in [2.45, 2.75) is 37.3 Å². The van der Waals surface area contributed by atoms with Crippen LogP contribution >= 0.6 is 0 Å². The van der Waals surface area contributed by atoms with Crippen molar-refractivity contribution in [2.24, 2.45) is 11.3 Å². The van der Waals surface area contributed by atoms with E-state index in [0.29, 0.717) is 6.04 Å². The molecule has 2 saturated heterocycles. The van der Waals surface area contributed by atoms with Gasteiger partial charge < -0.3 is 20.3 Å². The van der Waals surface area contributed by atoms with Crippen LogP contribution in [0.15, 0.2) is 29.8 Å². The Kier molecular flexibility index (Phi) is 3.49. The first-order chi connectivity index (χ1) is 12.6. The highest BCUT2D eigenvalue weighted by Crippen LogP contribution is 2.67. The van der Waals surface area contributed by atoms with Crippen molar-refractivity contribution in [3.05, 3.63) is 35.4 Å². The van der Waals surface area contributed by atoms with E-state index >= 15 is 0 Å². The Hall–Kier alpha value is -1.56. The average Bonchev–Trinajstić information content (AvgIpc) is 3.04. The predicted octanol–water partition coefficient (Wildman–Crippen LogP) is 1.75. The van der Waals surface area contributed by atoms with E-state index in [1.165, 1.54) is 11.1 Å². The summed E-state index contributed by atoms with van der Waals surface area (Å²) >= 11 is 0. The molecule has 3 aliphatic heterocycles. The van der Waals surface area contributed by atoms with Crippen molar-refractivity contribution in [2.75, 3.05) is 38.7 Å². The Labute approximate surface area is 154 Å². The lowest BCUT2D eigenvalue weighted by atomic mass is 9.43. The third-order valence-electron chi connectivity index (χ3n) is 8.00. The summed E-state index contributed by atoms with van der Waals surface area (Å²) in [5, 5.41) is 25.2. The van der Waals surface area contributed by atoms with Crippen LogP contribution in [0.3, 0.4) is 0 Å². The molecule has 3 bridgehead atoms. The standard InChI is InChI=1S/C21H28N2O3/c1-3-13-10-23-7-6-21-16-8-14(26-2)4-5-17(16)22-19(21)18(23)9-15(13)20(21,11-24)12-25/h3-5,8,15,18-19,22,24-25H,6-7,9-12H2,1-2H3/b13-3+/t15-,18-,19+,21+/m0/s1. The van der Waals surface area contributed by atoms with E-state index in [4.69, 9.17) is 4.74 Å². The number of fused-ring (bicyclic) bond motifs is 2. The Morgan fingerprint density at radius 3 is 2.85 bits per heavy atom. The fourth-order valence-electron chi connectivity index (χ4n) is 6.80. The smallest absolute Gasteiger partial charge is 0.119 e. The Morgan fingerprint density at radius 1 is 1.35 bits per heavy atom. The molecule has 0 spiro atoms. The second-order valence-electron chi connectivity index (χ2n) is 8.42. The number of rotatable bonds is 3. The maximum Gasteiger partial charge on any atom is 0.119 e. The molecule has 5 rings (SSSR count). The Morgan fingerprint density at radius 2 is 2.15 bits per heavy atom. The second-order valence-corrected chi connectivity index (χ2v) is 8.42. The molecule has 1 aromatic rings. The summed E-state index contributed by atoms with van der Waals surface area (Å²) in [5.74, 6) is 1.06.